The summed E-state index contributed by atoms with van der Waals surface area (Å²) in [6.07, 6.45) is 3.40. The van der Waals surface area contributed by atoms with Crippen LogP contribution in [0.1, 0.15) is 18.2 Å². The summed E-state index contributed by atoms with van der Waals surface area (Å²) < 4.78 is 0. The van der Waals surface area contributed by atoms with Crippen molar-refractivity contribution in [1.82, 2.24) is 15.3 Å². The van der Waals surface area contributed by atoms with Gasteiger partial charge in [0.2, 0.25) is 5.91 Å². The van der Waals surface area contributed by atoms with Gasteiger partial charge in [0, 0.05) is 22.1 Å². The van der Waals surface area contributed by atoms with Crippen molar-refractivity contribution in [2.24, 2.45) is 0 Å². The van der Waals surface area contributed by atoms with Crippen LogP contribution in [-0.4, -0.2) is 50.7 Å². The maximum atomic E-state index is 12.1. The molecule has 0 aliphatic rings. The molecule has 0 aliphatic carbocycles. The van der Waals surface area contributed by atoms with Gasteiger partial charge in [-0.3, -0.25) is 14.6 Å². The van der Waals surface area contributed by atoms with E-state index in [-0.39, 0.29) is 24.1 Å². The molecule has 9 heteroatoms. The van der Waals surface area contributed by atoms with Gasteiger partial charge in [-0.15, -0.1) is 11.8 Å². The summed E-state index contributed by atoms with van der Waals surface area (Å²) in [4.78, 5) is 39.7. The number of aliphatic hydroxyl groups excluding tert-OH is 1. The van der Waals surface area contributed by atoms with E-state index in [0.29, 0.717) is 17.0 Å². The molecule has 0 fully saturated rings. The van der Waals surface area contributed by atoms with Crippen LogP contribution >= 0.6 is 23.5 Å². The minimum Gasteiger partial charge on any atom is -0.394 e. The smallest absolute Gasteiger partial charge is 0.325 e. The molecule has 1 aromatic rings. The zero-order valence-electron chi connectivity index (χ0n) is 13.3. The van der Waals surface area contributed by atoms with Crippen LogP contribution in [0.15, 0.2) is 15.2 Å². The number of thioether (sulfide) groups is 2. The fourth-order valence-electron chi connectivity index (χ4n) is 1.78. The number of carbonyl (C=O) groups excluding carboxylic acids is 1. The quantitative estimate of drug-likeness (QED) is 0.302. The normalized spacial score (nSPS) is 13.0. The summed E-state index contributed by atoms with van der Waals surface area (Å²) in [5.74, 6) is 0.244. The average Bonchev–Trinajstić information content (AvgIpc) is 2.49. The molecule has 1 rings (SSSR count). The van der Waals surface area contributed by atoms with Crippen LogP contribution in [0.5, 0.6) is 0 Å². The molecule has 23 heavy (non-hydrogen) atoms. The van der Waals surface area contributed by atoms with E-state index in [0.717, 1.165) is 5.08 Å². The monoisotopic (exact) mass is 359 g/mol. The molecule has 7 nitrogen and oxygen atoms in total. The van der Waals surface area contributed by atoms with Gasteiger partial charge >= 0.3 is 5.69 Å². The third kappa shape index (κ3) is 6.28. The van der Waals surface area contributed by atoms with Crippen molar-refractivity contribution in [1.29, 1.82) is 0 Å². The molecule has 0 aliphatic heterocycles. The first-order chi connectivity index (χ1) is 10.9. The first-order valence-corrected chi connectivity index (χ1v) is 9.43. The lowest BCUT2D eigenvalue weighted by Gasteiger charge is -2.16. The zero-order chi connectivity index (χ0) is 17.4. The van der Waals surface area contributed by atoms with Crippen LogP contribution in [0.3, 0.4) is 0 Å². The molecule has 0 saturated heterocycles. The number of aromatic amines is 2. The highest BCUT2D eigenvalue weighted by Gasteiger charge is 2.14. The van der Waals surface area contributed by atoms with Gasteiger partial charge in [0.25, 0.3) is 5.56 Å². The van der Waals surface area contributed by atoms with Crippen molar-refractivity contribution >= 4 is 35.5 Å². The van der Waals surface area contributed by atoms with Crippen molar-refractivity contribution in [2.45, 2.75) is 19.9 Å². The Bertz CT molecular complexity index is 681. The SMILES string of the molecule is CSCSCC(CO)NC(=O)/C(C)=C\c1c(C)[nH]c(=O)[nH]c1=O. The Balaban J connectivity index is 2.83. The van der Waals surface area contributed by atoms with Crippen molar-refractivity contribution in [2.75, 3.05) is 23.7 Å². The van der Waals surface area contributed by atoms with Gasteiger partial charge in [-0.1, -0.05) is 0 Å². The fourth-order valence-corrected chi connectivity index (χ4v) is 3.30. The van der Waals surface area contributed by atoms with Gasteiger partial charge in [0.1, 0.15) is 0 Å². The lowest BCUT2D eigenvalue weighted by Crippen LogP contribution is -2.39. The molecule has 0 aromatic carbocycles. The van der Waals surface area contributed by atoms with Gasteiger partial charge in [-0.25, -0.2) is 4.79 Å². The number of H-pyrrole nitrogens is 2. The minimum atomic E-state index is -0.585. The van der Waals surface area contributed by atoms with Crippen molar-refractivity contribution in [3.8, 4) is 0 Å². The maximum Gasteiger partial charge on any atom is 0.325 e. The number of rotatable bonds is 8. The molecular weight excluding hydrogens is 338 g/mol. The van der Waals surface area contributed by atoms with E-state index in [1.54, 1.807) is 37.4 Å². The van der Waals surface area contributed by atoms with Crippen molar-refractivity contribution in [3.63, 3.8) is 0 Å². The topological polar surface area (TPSA) is 115 Å². The number of amides is 1. The Morgan fingerprint density at radius 2 is 2.09 bits per heavy atom. The molecule has 1 heterocycles. The van der Waals surface area contributed by atoms with Crippen LogP contribution in [0.25, 0.3) is 6.08 Å². The number of hydrogen-bond acceptors (Lipinski definition) is 6. The lowest BCUT2D eigenvalue weighted by atomic mass is 10.1. The van der Waals surface area contributed by atoms with E-state index in [4.69, 9.17) is 0 Å². The van der Waals surface area contributed by atoms with Crippen LogP contribution in [0.2, 0.25) is 0 Å². The highest BCUT2D eigenvalue weighted by Crippen LogP contribution is 2.10. The largest absolute Gasteiger partial charge is 0.394 e. The second-order valence-corrected chi connectivity index (χ2v) is 7.17. The molecule has 4 N–H and O–H groups in total. The van der Waals surface area contributed by atoms with Crippen molar-refractivity contribution in [3.05, 3.63) is 37.7 Å². The minimum absolute atomic E-state index is 0.154. The molecule has 0 saturated carbocycles. The lowest BCUT2D eigenvalue weighted by molar-refractivity contribution is -0.118. The molecule has 1 unspecified atom stereocenters. The van der Waals surface area contributed by atoms with E-state index in [1.165, 1.54) is 6.08 Å². The third-order valence-corrected chi connectivity index (χ3v) is 5.22. The molecule has 128 valence electrons. The average molecular weight is 359 g/mol. The maximum absolute atomic E-state index is 12.1. The van der Waals surface area contributed by atoms with Gasteiger partial charge in [-0.05, 0) is 26.2 Å². The molecule has 0 bridgehead atoms. The summed E-state index contributed by atoms with van der Waals surface area (Å²) in [7, 11) is 0. The first kappa shape index (κ1) is 19.6. The number of aromatic nitrogens is 2. The number of hydrogen-bond donors (Lipinski definition) is 4. The highest BCUT2D eigenvalue weighted by molar-refractivity contribution is 8.15. The zero-order valence-corrected chi connectivity index (χ0v) is 14.9. The van der Waals surface area contributed by atoms with E-state index in [1.807, 2.05) is 6.26 Å². The summed E-state index contributed by atoms with van der Waals surface area (Å²) in [5, 5.41) is 12.9. The number of aryl methyl sites for hydroxylation is 1. The van der Waals surface area contributed by atoms with Gasteiger partial charge in [0.05, 0.1) is 18.2 Å². The van der Waals surface area contributed by atoms with Crippen molar-refractivity contribution < 1.29 is 9.90 Å². The summed E-state index contributed by atoms with van der Waals surface area (Å²) in [6.45, 7) is 3.00. The number of nitrogens with one attached hydrogen (secondary N) is 3. The Morgan fingerprint density at radius 3 is 2.65 bits per heavy atom. The fraction of sp³-hybridized carbons (Fsp3) is 0.500. The number of aliphatic hydroxyl groups is 1. The van der Waals surface area contributed by atoms with E-state index >= 15 is 0 Å². The van der Waals surface area contributed by atoms with Gasteiger partial charge in [-0.2, -0.15) is 11.8 Å². The van der Waals surface area contributed by atoms with Crippen LogP contribution in [-0.2, 0) is 4.79 Å². The van der Waals surface area contributed by atoms with E-state index < -0.39 is 11.2 Å². The Hall–Kier alpha value is -1.45. The molecule has 1 amide bonds. The molecular formula is C14H21N3O4S2. The molecule has 1 atom stereocenters. The van der Waals surface area contributed by atoms with Crippen LogP contribution in [0, 0.1) is 6.92 Å². The summed E-state index contributed by atoms with van der Waals surface area (Å²) in [5.41, 5.74) is -0.195. The predicted molar refractivity (Wildman–Crippen MR) is 95.9 cm³/mol. The second-order valence-electron chi connectivity index (χ2n) is 4.90. The van der Waals surface area contributed by atoms with E-state index in [2.05, 4.69) is 15.3 Å². The van der Waals surface area contributed by atoms with Gasteiger partial charge < -0.3 is 15.4 Å². The standard InChI is InChI=1S/C14H21N3O4S2/c1-8(4-11-9(2)15-14(21)17-13(11)20)12(19)16-10(5-18)6-23-7-22-3/h4,10,18H,5-7H2,1-3H3,(H,16,19)(H2,15,17,20,21)/b8-4-. The predicted octanol–water partition coefficient (Wildman–Crippen LogP) is 0.306. The molecule has 0 radical (unpaired) electrons. The van der Waals surface area contributed by atoms with Gasteiger partial charge in [0.15, 0.2) is 0 Å². The third-order valence-electron chi connectivity index (χ3n) is 2.97. The molecule has 1 aromatic heterocycles. The Labute approximate surface area is 142 Å². The second kappa shape index (κ2) is 9.64. The number of carbonyl (C=O) groups is 1. The first-order valence-electron chi connectivity index (χ1n) is 6.89. The van der Waals surface area contributed by atoms with E-state index in [9.17, 15) is 19.5 Å². The summed E-state index contributed by atoms with van der Waals surface area (Å²) in [6, 6.07) is -0.349. The Morgan fingerprint density at radius 1 is 1.39 bits per heavy atom. The summed E-state index contributed by atoms with van der Waals surface area (Å²) >= 11 is 3.30. The highest BCUT2D eigenvalue weighted by atomic mass is 32.2. The Kier molecular flexibility index (Phi) is 8.21. The molecule has 0 spiro atoms. The van der Waals surface area contributed by atoms with Crippen LogP contribution < -0.4 is 16.6 Å². The van der Waals surface area contributed by atoms with Crippen LogP contribution in [0.4, 0.5) is 0 Å².